The van der Waals surface area contributed by atoms with Crippen LogP contribution in [0.4, 0.5) is 0 Å². The molecular formula is C17H20N4O2. The lowest BCUT2D eigenvalue weighted by molar-refractivity contribution is -0.135. The van der Waals surface area contributed by atoms with Crippen LogP contribution < -0.4 is 5.73 Å². The number of hydrogen-bond acceptors (Lipinski definition) is 3. The van der Waals surface area contributed by atoms with Gasteiger partial charge in [-0.2, -0.15) is 0 Å². The van der Waals surface area contributed by atoms with Crippen molar-refractivity contribution >= 4 is 22.7 Å². The van der Waals surface area contributed by atoms with E-state index < -0.39 is 5.54 Å². The monoisotopic (exact) mass is 312 g/mol. The second-order valence-electron chi connectivity index (χ2n) is 6.51. The lowest BCUT2D eigenvalue weighted by Crippen LogP contribution is -2.55. The number of carbonyl (C=O) groups excluding carboxylic acids is 2. The van der Waals surface area contributed by atoms with Crippen LogP contribution in [0.5, 0.6) is 0 Å². The van der Waals surface area contributed by atoms with E-state index in [-0.39, 0.29) is 11.8 Å². The van der Waals surface area contributed by atoms with E-state index in [0.29, 0.717) is 31.9 Å². The molecule has 0 atom stereocenters. The van der Waals surface area contributed by atoms with Crippen molar-refractivity contribution in [2.45, 2.75) is 18.4 Å². The van der Waals surface area contributed by atoms with E-state index in [2.05, 4.69) is 4.98 Å². The van der Waals surface area contributed by atoms with Crippen molar-refractivity contribution < 1.29 is 9.59 Å². The molecule has 0 unspecified atom stereocenters. The van der Waals surface area contributed by atoms with Gasteiger partial charge in [-0.3, -0.25) is 9.59 Å². The van der Waals surface area contributed by atoms with Crippen LogP contribution in [0.15, 0.2) is 30.3 Å². The standard InChI is InChI=1S/C17H20N4O2/c18-17(5-6-17)16(23)21-9-7-20(8-10-21)15(22)14-11-12-3-1-2-4-13(12)19-14/h1-4,11,19H,5-10,18H2. The molecule has 23 heavy (non-hydrogen) atoms. The molecule has 1 saturated carbocycles. The molecule has 0 radical (unpaired) electrons. The van der Waals surface area contributed by atoms with E-state index in [9.17, 15) is 9.59 Å². The topological polar surface area (TPSA) is 82.4 Å². The summed E-state index contributed by atoms with van der Waals surface area (Å²) in [6.07, 6.45) is 1.56. The van der Waals surface area contributed by atoms with E-state index in [4.69, 9.17) is 5.73 Å². The van der Waals surface area contributed by atoms with Gasteiger partial charge < -0.3 is 20.5 Å². The van der Waals surface area contributed by atoms with Crippen LogP contribution in [0.2, 0.25) is 0 Å². The second kappa shape index (κ2) is 5.09. The van der Waals surface area contributed by atoms with Crippen LogP contribution in [0.3, 0.4) is 0 Å². The molecule has 3 N–H and O–H groups in total. The van der Waals surface area contributed by atoms with Gasteiger partial charge >= 0.3 is 0 Å². The zero-order valence-electron chi connectivity index (χ0n) is 12.9. The molecule has 6 heteroatoms. The van der Waals surface area contributed by atoms with Gasteiger partial charge in [-0.15, -0.1) is 0 Å². The Morgan fingerprint density at radius 2 is 1.70 bits per heavy atom. The van der Waals surface area contributed by atoms with Gasteiger partial charge in [0.25, 0.3) is 5.91 Å². The Balaban J connectivity index is 1.43. The summed E-state index contributed by atoms with van der Waals surface area (Å²) in [6, 6.07) is 9.72. The Kier molecular flexibility index (Phi) is 3.16. The number of carbonyl (C=O) groups is 2. The summed E-state index contributed by atoms with van der Waals surface area (Å²) in [7, 11) is 0. The van der Waals surface area contributed by atoms with Crippen LogP contribution in [0.1, 0.15) is 23.3 Å². The van der Waals surface area contributed by atoms with Crippen molar-refractivity contribution in [2.75, 3.05) is 26.2 Å². The van der Waals surface area contributed by atoms with Crippen LogP contribution in [-0.4, -0.2) is 58.3 Å². The first-order chi connectivity index (χ1) is 11.1. The maximum absolute atomic E-state index is 12.6. The number of aromatic amines is 1. The Morgan fingerprint density at radius 3 is 2.35 bits per heavy atom. The number of nitrogens with zero attached hydrogens (tertiary/aromatic N) is 2. The fraction of sp³-hybridized carbons (Fsp3) is 0.412. The number of rotatable bonds is 2. The number of H-pyrrole nitrogens is 1. The van der Waals surface area contributed by atoms with Crippen LogP contribution in [0.25, 0.3) is 10.9 Å². The SMILES string of the molecule is NC1(C(=O)N2CCN(C(=O)c3cc4ccccc4[nH]3)CC2)CC1. The number of hydrogen-bond donors (Lipinski definition) is 2. The molecule has 0 bridgehead atoms. The minimum Gasteiger partial charge on any atom is -0.351 e. The summed E-state index contributed by atoms with van der Waals surface area (Å²) in [5, 5.41) is 1.03. The molecular weight excluding hydrogens is 292 g/mol. The predicted octanol–water partition coefficient (Wildman–Crippen LogP) is 0.944. The van der Waals surface area contributed by atoms with Gasteiger partial charge in [-0.05, 0) is 25.0 Å². The maximum atomic E-state index is 12.6. The molecule has 6 nitrogen and oxygen atoms in total. The number of benzene rings is 1. The van der Waals surface area contributed by atoms with E-state index in [1.807, 2.05) is 30.3 Å². The van der Waals surface area contributed by atoms with E-state index in [1.54, 1.807) is 9.80 Å². The average molecular weight is 312 g/mol. The van der Waals surface area contributed by atoms with Gasteiger partial charge in [0.2, 0.25) is 5.91 Å². The second-order valence-corrected chi connectivity index (χ2v) is 6.51. The van der Waals surface area contributed by atoms with Gasteiger partial charge in [0.15, 0.2) is 0 Å². The lowest BCUT2D eigenvalue weighted by atomic mass is 10.2. The molecule has 2 fully saturated rings. The quantitative estimate of drug-likeness (QED) is 0.866. The summed E-state index contributed by atoms with van der Waals surface area (Å²) in [5.41, 5.74) is 6.91. The number of amides is 2. The number of nitrogens with one attached hydrogen (secondary N) is 1. The van der Waals surface area contributed by atoms with Crippen molar-refractivity contribution in [1.82, 2.24) is 14.8 Å². The number of piperazine rings is 1. The Labute approximate surface area is 134 Å². The first-order valence-corrected chi connectivity index (χ1v) is 8.02. The highest BCUT2D eigenvalue weighted by molar-refractivity contribution is 5.98. The first-order valence-electron chi connectivity index (χ1n) is 8.02. The number of nitrogens with two attached hydrogens (primary N) is 1. The largest absolute Gasteiger partial charge is 0.351 e. The van der Waals surface area contributed by atoms with Crippen molar-refractivity contribution in [3.05, 3.63) is 36.0 Å². The van der Waals surface area contributed by atoms with Crippen LogP contribution >= 0.6 is 0 Å². The number of aromatic nitrogens is 1. The van der Waals surface area contributed by atoms with Crippen molar-refractivity contribution in [3.63, 3.8) is 0 Å². The summed E-state index contributed by atoms with van der Waals surface area (Å²) < 4.78 is 0. The molecule has 4 rings (SSSR count). The fourth-order valence-electron chi connectivity index (χ4n) is 3.13. The molecule has 2 amide bonds. The summed E-state index contributed by atoms with van der Waals surface area (Å²) >= 11 is 0. The molecule has 120 valence electrons. The zero-order valence-corrected chi connectivity index (χ0v) is 12.9. The molecule has 2 heterocycles. The minimum absolute atomic E-state index is 0.0119. The summed E-state index contributed by atoms with van der Waals surface area (Å²) in [5.74, 6) is 0.0254. The smallest absolute Gasteiger partial charge is 0.270 e. The molecule has 1 aliphatic carbocycles. The third kappa shape index (κ3) is 2.49. The van der Waals surface area contributed by atoms with Gasteiger partial charge in [0.1, 0.15) is 5.69 Å². The highest BCUT2D eigenvalue weighted by atomic mass is 16.2. The van der Waals surface area contributed by atoms with Crippen molar-refractivity contribution in [1.29, 1.82) is 0 Å². The summed E-state index contributed by atoms with van der Waals surface area (Å²) in [4.78, 5) is 31.6. The predicted molar refractivity (Wildman–Crippen MR) is 86.9 cm³/mol. The first kappa shape index (κ1) is 14.3. The van der Waals surface area contributed by atoms with Crippen molar-refractivity contribution in [2.24, 2.45) is 5.73 Å². The summed E-state index contributed by atoms with van der Waals surface area (Å²) in [6.45, 7) is 2.22. The molecule has 2 aromatic rings. The minimum atomic E-state index is -0.622. The fourth-order valence-corrected chi connectivity index (χ4v) is 3.13. The van der Waals surface area contributed by atoms with Gasteiger partial charge in [-0.1, -0.05) is 18.2 Å². The van der Waals surface area contributed by atoms with Crippen LogP contribution in [0, 0.1) is 0 Å². The average Bonchev–Trinajstić information content (AvgIpc) is 3.19. The molecule has 1 aliphatic heterocycles. The Bertz CT molecular complexity index is 737. The van der Waals surface area contributed by atoms with E-state index in [0.717, 1.165) is 23.7 Å². The van der Waals surface area contributed by atoms with Crippen molar-refractivity contribution in [3.8, 4) is 0 Å². The van der Waals surface area contributed by atoms with Gasteiger partial charge in [-0.25, -0.2) is 0 Å². The maximum Gasteiger partial charge on any atom is 0.270 e. The number of para-hydroxylation sites is 1. The van der Waals surface area contributed by atoms with E-state index >= 15 is 0 Å². The highest BCUT2D eigenvalue weighted by Gasteiger charge is 2.48. The highest BCUT2D eigenvalue weighted by Crippen LogP contribution is 2.34. The molecule has 2 aliphatic rings. The molecule has 1 saturated heterocycles. The lowest BCUT2D eigenvalue weighted by Gasteiger charge is -2.35. The van der Waals surface area contributed by atoms with Crippen LogP contribution in [-0.2, 0) is 4.79 Å². The van der Waals surface area contributed by atoms with Gasteiger partial charge in [0, 0.05) is 37.1 Å². The Morgan fingerprint density at radius 1 is 1.04 bits per heavy atom. The third-order valence-corrected chi connectivity index (χ3v) is 4.83. The van der Waals surface area contributed by atoms with E-state index in [1.165, 1.54) is 0 Å². The molecule has 1 aromatic carbocycles. The molecule has 1 aromatic heterocycles. The third-order valence-electron chi connectivity index (χ3n) is 4.83. The van der Waals surface area contributed by atoms with Gasteiger partial charge in [0.05, 0.1) is 5.54 Å². The Hall–Kier alpha value is -2.34. The normalized spacial score (nSPS) is 19.9. The molecule has 0 spiro atoms. The zero-order chi connectivity index (χ0) is 16.0. The number of fused-ring (bicyclic) bond motifs is 1.